The summed E-state index contributed by atoms with van der Waals surface area (Å²) in [4.78, 5) is 19.1. The number of methoxy groups -OCH3 is 1. The summed E-state index contributed by atoms with van der Waals surface area (Å²) in [6.07, 6.45) is 2.30. The van der Waals surface area contributed by atoms with Crippen molar-refractivity contribution >= 4 is 23.5 Å². The van der Waals surface area contributed by atoms with Crippen molar-refractivity contribution in [1.82, 2.24) is 15.5 Å². The van der Waals surface area contributed by atoms with Gasteiger partial charge in [0.2, 0.25) is 11.7 Å². The standard InChI is InChI=1S/C23H25ClN4O3/c1-30-20-8-4-17(5-9-20)21-26-23(31-27-21)28-14-11-18(12-15-28)22(29)25-13-10-16-2-6-19(24)7-3-16/h2-9,18H,10-15H2,1H3,(H,25,29). The fourth-order valence-electron chi connectivity index (χ4n) is 3.66. The highest BCUT2D eigenvalue weighted by Crippen LogP contribution is 2.26. The van der Waals surface area contributed by atoms with E-state index in [-0.39, 0.29) is 11.8 Å². The first kappa shape index (κ1) is 21.2. The molecular weight excluding hydrogens is 416 g/mol. The molecule has 1 fully saturated rings. The summed E-state index contributed by atoms with van der Waals surface area (Å²) in [6.45, 7) is 2.04. The monoisotopic (exact) mass is 440 g/mol. The van der Waals surface area contributed by atoms with E-state index in [1.165, 1.54) is 0 Å². The zero-order valence-electron chi connectivity index (χ0n) is 17.4. The van der Waals surface area contributed by atoms with Crippen molar-refractivity contribution in [2.75, 3.05) is 31.6 Å². The van der Waals surface area contributed by atoms with Crippen LogP contribution < -0.4 is 15.0 Å². The Balaban J connectivity index is 1.25. The van der Waals surface area contributed by atoms with Gasteiger partial charge in [-0.15, -0.1) is 0 Å². The molecule has 7 nitrogen and oxygen atoms in total. The summed E-state index contributed by atoms with van der Waals surface area (Å²) in [7, 11) is 1.63. The second-order valence-electron chi connectivity index (χ2n) is 7.56. The van der Waals surface area contributed by atoms with Crippen molar-refractivity contribution < 1.29 is 14.1 Å². The van der Waals surface area contributed by atoms with Crippen LogP contribution in [0.1, 0.15) is 18.4 Å². The number of ether oxygens (including phenoxy) is 1. The zero-order chi connectivity index (χ0) is 21.6. The van der Waals surface area contributed by atoms with E-state index in [1.54, 1.807) is 7.11 Å². The second kappa shape index (κ2) is 9.83. The number of rotatable bonds is 7. The van der Waals surface area contributed by atoms with Crippen molar-refractivity contribution in [3.05, 3.63) is 59.1 Å². The van der Waals surface area contributed by atoms with Crippen molar-refractivity contribution in [3.8, 4) is 17.1 Å². The van der Waals surface area contributed by atoms with Crippen LogP contribution in [0.3, 0.4) is 0 Å². The van der Waals surface area contributed by atoms with Gasteiger partial charge in [-0.05, 0) is 61.2 Å². The molecule has 1 amide bonds. The number of hydrogen-bond acceptors (Lipinski definition) is 6. The molecule has 31 heavy (non-hydrogen) atoms. The Hall–Kier alpha value is -3.06. The third kappa shape index (κ3) is 5.35. The number of aromatic nitrogens is 2. The summed E-state index contributed by atoms with van der Waals surface area (Å²) < 4.78 is 10.6. The number of piperidine rings is 1. The zero-order valence-corrected chi connectivity index (χ0v) is 18.1. The molecule has 0 bridgehead atoms. The van der Waals surface area contributed by atoms with Gasteiger partial charge in [0.1, 0.15) is 5.75 Å². The van der Waals surface area contributed by atoms with Crippen LogP contribution in [0, 0.1) is 5.92 Å². The summed E-state index contributed by atoms with van der Waals surface area (Å²) in [5.41, 5.74) is 2.02. The number of amides is 1. The number of nitrogens with zero attached hydrogens (tertiary/aromatic N) is 3. The Labute approximate surface area is 186 Å². The summed E-state index contributed by atoms with van der Waals surface area (Å²) in [5.74, 6) is 1.43. The van der Waals surface area contributed by atoms with Crippen molar-refractivity contribution in [1.29, 1.82) is 0 Å². The molecule has 0 spiro atoms. The van der Waals surface area contributed by atoms with Crippen LogP contribution in [0.5, 0.6) is 5.75 Å². The number of halogens is 1. The molecule has 0 aliphatic carbocycles. The largest absolute Gasteiger partial charge is 0.497 e. The number of carbonyl (C=O) groups is 1. The van der Waals surface area contributed by atoms with Crippen molar-refractivity contribution in [3.63, 3.8) is 0 Å². The van der Waals surface area contributed by atoms with Crippen LogP contribution in [0.2, 0.25) is 5.02 Å². The van der Waals surface area contributed by atoms with Crippen LogP contribution in [-0.2, 0) is 11.2 Å². The van der Waals surface area contributed by atoms with E-state index >= 15 is 0 Å². The molecule has 0 unspecified atom stereocenters. The van der Waals surface area contributed by atoms with Crippen molar-refractivity contribution in [2.45, 2.75) is 19.3 Å². The molecule has 2 heterocycles. The lowest BCUT2D eigenvalue weighted by Crippen LogP contribution is -2.41. The van der Waals surface area contributed by atoms with Crippen molar-refractivity contribution in [2.24, 2.45) is 5.92 Å². The molecular formula is C23H25ClN4O3. The quantitative estimate of drug-likeness (QED) is 0.598. The first-order valence-electron chi connectivity index (χ1n) is 10.4. The third-order valence-electron chi connectivity index (χ3n) is 5.53. The van der Waals surface area contributed by atoms with E-state index in [0.29, 0.717) is 31.5 Å². The normalized spacial score (nSPS) is 14.5. The molecule has 1 N–H and O–H groups in total. The van der Waals surface area contributed by atoms with Gasteiger partial charge in [-0.1, -0.05) is 28.9 Å². The first-order chi connectivity index (χ1) is 15.1. The van der Waals surface area contributed by atoms with E-state index in [4.69, 9.17) is 20.9 Å². The van der Waals surface area contributed by atoms with Gasteiger partial charge in [0.05, 0.1) is 7.11 Å². The average Bonchev–Trinajstić information content (AvgIpc) is 3.31. The van der Waals surface area contributed by atoms with E-state index in [2.05, 4.69) is 15.5 Å². The molecule has 2 aromatic carbocycles. The Kier molecular flexibility index (Phi) is 6.72. The molecule has 3 aromatic rings. The molecule has 1 aromatic heterocycles. The van der Waals surface area contributed by atoms with E-state index < -0.39 is 0 Å². The number of carbonyl (C=O) groups excluding carboxylic acids is 1. The highest BCUT2D eigenvalue weighted by molar-refractivity contribution is 6.30. The molecule has 8 heteroatoms. The van der Waals surface area contributed by atoms with Crippen LogP contribution in [-0.4, -0.2) is 42.8 Å². The Morgan fingerprint density at radius 1 is 1.16 bits per heavy atom. The van der Waals surface area contributed by atoms with Crippen LogP contribution >= 0.6 is 11.6 Å². The molecule has 4 rings (SSSR count). The molecule has 162 valence electrons. The lowest BCUT2D eigenvalue weighted by Gasteiger charge is -2.29. The molecule has 1 saturated heterocycles. The van der Waals surface area contributed by atoms with Gasteiger partial charge in [-0.3, -0.25) is 4.79 Å². The summed E-state index contributed by atoms with van der Waals surface area (Å²) >= 11 is 5.90. The molecule has 0 radical (unpaired) electrons. The topological polar surface area (TPSA) is 80.5 Å². The minimum Gasteiger partial charge on any atom is -0.497 e. The summed E-state index contributed by atoms with van der Waals surface area (Å²) in [6, 6.07) is 15.7. The Morgan fingerprint density at radius 3 is 2.55 bits per heavy atom. The lowest BCUT2D eigenvalue weighted by molar-refractivity contribution is -0.125. The molecule has 0 atom stereocenters. The van der Waals surface area contributed by atoms with Crippen LogP contribution in [0.4, 0.5) is 6.01 Å². The minimum atomic E-state index is 0.00504. The van der Waals surface area contributed by atoms with Crippen LogP contribution in [0.25, 0.3) is 11.4 Å². The van der Waals surface area contributed by atoms with Crippen LogP contribution in [0.15, 0.2) is 53.1 Å². The molecule has 1 aliphatic heterocycles. The predicted octanol–water partition coefficient (Wildman–Crippen LogP) is 3.97. The summed E-state index contributed by atoms with van der Waals surface area (Å²) in [5, 5.41) is 7.86. The number of benzene rings is 2. The number of nitrogens with one attached hydrogen (secondary N) is 1. The Bertz CT molecular complexity index is 996. The maximum absolute atomic E-state index is 12.5. The molecule has 1 aliphatic rings. The van der Waals surface area contributed by atoms with E-state index in [9.17, 15) is 4.79 Å². The average molecular weight is 441 g/mol. The third-order valence-corrected chi connectivity index (χ3v) is 5.78. The van der Waals surface area contributed by atoms with E-state index in [1.807, 2.05) is 53.4 Å². The van der Waals surface area contributed by atoms with Gasteiger partial charge in [-0.2, -0.15) is 4.98 Å². The maximum atomic E-state index is 12.5. The van der Waals surface area contributed by atoms with Gasteiger partial charge < -0.3 is 19.5 Å². The number of hydrogen-bond donors (Lipinski definition) is 1. The highest BCUT2D eigenvalue weighted by atomic mass is 35.5. The van der Waals surface area contributed by atoms with E-state index in [0.717, 1.165) is 41.2 Å². The predicted molar refractivity (Wildman–Crippen MR) is 119 cm³/mol. The lowest BCUT2D eigenvalue weighted by atomic mass is 9.96. The first-order valence-corrected chi connectivity index (χ1v) is 10.8. The maximum Gasteiger partial charge on any atom is 0.324 e. The van der Waals surface area contributed by atoms with Gasteiger partial charge in [-0.25, -0.2) is 0 Å². The second-order valence-corrected chi connectivity index (χ2v) is 7.99. The fourth-order valence-corrected chi connectivity index (χ4v) is 3.79. The van der Waals surface area contributed by atoms with Gasteiger partial charge in [0.15, 0.2) is 0 Å². The highest BCUT2D eigenvalue weighted by Gasteiger charge is 2.27. The molecule has 0 saturated carbocycles. The minimum absolute atomic E-state index is 0.00504. The van der Waals surface area contributed by atoms with Gasteiger partial charge in [0, 0.05) is 36.1 Å². The SMILES string of the molecule is COc1ccc(-c2noc(N3CCC(C(=O)NCCc4ccc(Cl)cc4)CC3)n2)cc1. The Morgan fingerprint density at radius 2 is 1.87 bits per heavy atom. The smallest absolute Gasteiger partial charge is 0.324 e. The fraction of sp³-hybridized carbons (Fsp3) is 0.348. The number of anilines is 1. The van der Waals surface area contributed by atoms with Gasteiger partial charge in [0.25, 0.3) is 0 Å². The van der Waals surface area contributed by atoms with Gasteiger partial charge >= 0.3 is 6.01 Å².